The second kappa shape index (κ2) is 11.6. The number of carbonyl (C=O) groups excluding carboxylic acids is 1. The maximum Gasteiger partial charge on any atom is 0.270 e. The van der Waals surface area contributed by atoms with Crippen molar-refractivity contribution in [3.8, 4) is 33.9 Å². The minimum Gasteiger partial charge on any atom is -0.493 e. The summed E-state index contributed by atoms with van der Waals surface area (Å²) in [6, 6.07) is 16.3. The topological polar surface area (TPSA) is 96.5 Å². The van der Waals surface area contributed by atoms with Crippen molar-refractivity contribution in [3.05, 3.63) is 66.0 Å². The van der Waals surface area contributed by atoms with Crippen molar-refractivity contribution in [2.24, 2.45) is 5.92 Å². The van der Waals surface area contributed by atoms with E-state index in [1.165, 1.54) is 5.56 Å². The van der Waals surface area contributed by atoms with Gasteiger partial charge in [-0.2, -0.15) is 0 Å². The first-order valence-corrected chi connectivity index (χ1v) is 14.5. The van der Waals surface area contributed by atoms with Gasteiger partial charge in [0.05, 0.1) is 25.5 Å². The minimum absolute atomic E-state index is 0.103. The van der Waals surface area contributed by atoms with E-state index in [2.05, 4.69) is 47.3 Å². The van der Waals surface area contributed by atoms with Gasteiger partial charge in [-0.3, -0.25) is 9.78 Å². The highest BCUT2D eigenvalue weighted by Crippen LogP contribution is 2.40. The number of hydrogen-bond acceptors (Lipinski definition) is 5. The number of ether oxygens (including phenoxy) is 2. The van der Waals surface area contributed by atoms with Crippen LogP contribution in [-0.2, 0) is 0 Å². The molecule has 1 aliphatic carbocycles. The van der Waals surface area contributed by atoms with Crippen LogP contribution in [0.1, 0.15) is 75.3 Å². The van der Waals surface area contributed by atoms with Crippen LogP contribution < -0.4 is 14.8 Å². The highest BCUT2D eigenvalue weighted by molar-refractivity contribution is 5.96. The van der Waals surface area contributed by atoms with Crippen LogP contribution in [0.5, 0.6) is 11.5 Å². The molecule has 0 unspecified atom stereocenters. The molecule has 4 aromatic rings. The predicted octanol–water partition coefficient (Wildman–Crippen LogP) is 7.10. The second-order valence-electron chi connectivity index (χ2n) is 12.0. The standard InChI is InChI=1S/C34H41N3O4/c1-20(2)31-26-17-21(7-13-27(26)37-32(31)23-8-14-29(40-5)30(19-23)41-6)22-15-16-35-28(18-22)33(38)36-25-11-9-24(10-12-25)34(3,4)39/h7-8,13-20,24-25,37,39H,9-12H2,1-6H3,(H,36,38)/t24-,25-. The van der Waals surface area contributed by atoms with E-state index in [-0.39, 0.29) is 23.8 Å². The van der Waals surface area contributed by atoms with Crippen molar-refractivity contribution in [2.75, 3.05) is 14.2 Å². The molecule has 0 aliphatic heterocycles. The number of fused-ring (bicyclic) bond motifs is 1. The Morgan fingerprint density at radius 1 is 0.951 bits per heavy atom. The lowest BCUT2D eigenvalue weighted by Gasteiger charge is -2.36. The van der Waals surface area contributed by atoms with Gasteiger partial charge in [0, 0.05) is 28.7 Å². The summed E-state index contributed by atoms with van der Waals surface area (Å²) in [4.78, 5) is 21.2. The number of hydrogen-bond donors (Lipinski definition) is 3. The van der Waals surface area contributed by atoms with Gasteiger partial charge in [-0.05, 0) is 111 Å². The Labute approximate surface area is 242 Å². The van der Waals surface area contributed by atoms with Crippen LogP contribution in [0.2, 0.25) is 0 Å². The van der Waals surface area contributed by atoms with Gasteiger partial charge in [-0.15, -0.1) is 0 Å². The van der Waals surface area contributed by atoms with E-state index in [0.717, 1.165) is 59.0 Å². The highest BCUT2D eigenvalue weighted by Gasteiger charge is 2.32. The SMILES string of the molecule is COc1ccc(-c2[nH]c3ccc(-c4ccnc(C(=O)N[C@H]5CC[C@H](C(C)(C)O)CC5)c4)cc3c2C(C)C)cc1OC. The molecule has 0 bridgehead atoms. The Morgan fingerprint density at radius 2 is 1.63 bits per heavy atom. The molecule has 0 spiro atoms. The number of methoxy groups -OCH3 is 2. The highest BCUT2D eigenvalue weighted by atomic mass is 16.5. The summed E-state index contributed by atoms with van der Waals surface area (Å²) in [5.41, 5.74) is 6.07. The number of benzene rings is 2. The first-order valence-electron chi connectivity index (χ1n) is 14.5. The van der Waals surface area contributed by atoms with Gasteiger partial charge in [0.1, 0.15) is 5.69 Å². The lowest BCUT2D eigenvalue weighted by Crippen LogP contribution is -2.42. The van der Waals surface area contributed by atoms with Crippen molar-refractivity contribution in [1.29, 1.82) is 0 Å². The minimum atomic E-state index is -0.677. The molecule has 0 saturated heterocycles. The van der Waals surface area contributed by atoms with E-state index in [4.69, 9.17) is 9.47 Å². The molecular formula is C34H41N3O4. The monoisotopic (exact) mass is 555 g/mol. The zero-order valence-corrected chi connectivity index (χ0v) is 24.9. The van der Waals surface area contributed by atoms with Crippen LogP contribution in [-0.4, -0.2) is 46.8 Å². The van der Waals surface area contributed by atoms with Gasteiger partial charge in [-0.1, -0.05) is 19.9 Å². The molecule has 216 valence electrons. The fourth-order valence-electron chi connectivity index (χ4n) is 6.15. The number of aliphatic hydroxyl groups is 1. The van der Waals surface area contributed by atoms with Gasteiger partial charge in [0.2, 0.25) is 0 Å². The lowest BCUT2D eigenvalue weighted by atomic mass is 9.77. The molecule has 0 radical (unpaired) electrons. The molecule has 2 aromatic carbocycles. The Kier molecular flexibility index (Phi) is 8.09. The Hall–Kier alpha value is -3.84. The summed E-state index contributed by atoms with van der Waals surface area (Å²) >= 11 is 0. The predicted molar refractivity (Wildman–Crippen MR) is 164 cm³/mol. The summed E-state index contributed by atoms with van der Waals surface area (Å²) < 4.78 is 11.0. The fourth-order valence-corrected chi connectivity index (χ4v) is 6.15. The number of amides is 1. The molecule has 5 rings (SSSR count). The van der Waals surface area contributed by atoms with Gasteiger partial charge in [0.15, 0.2) is 11.5 Å². The van der Waals surface area contributed by atoms with Crippen molar-refractivity contribution in [3.63, 3.8) is 0 Å². The maximum absolute atomic E-state index is 13.1. The van der Waals surface area contributed by atoms with E-state index < -0.39 is 5.60 Å². The molecule has 2 aromatic heterocycles. The summed E-state index contributed by atoms with van der Waals surface area (Å²) in [7, 11) is 3.29. The third-order valence-electron chi connectivity index (χ3n) is 8.48. The van der Waals surface area contributed by atoms with Crippen LogP contribution in [0.3, 0.4) is 0 Å². The number of aromatic amines is 1. The third kappa shape index (κ3) is 5.96. The van der Waals surface area contributed by atoms with Gasteiger partial charge in [0.25, 0.3) is 5.91 Å². The number of rotatable bonds is 8. The quantitative estimate of drug-likeness (QED) is 0.216. The molecular weight excluding hydrogens is 514 g/mol. The van der Waals surface area contributed by atoms with Crippen LogP contribution in [0, 0.1) is 5.92 Å². The van der Waals surface area contributed by atoms with Crippen LogP contribution in [0.15, 0.2) is 54.7 Å². The van der Waals surface area contributed by atoms with Crippen molar-refractivity contribution in [1.82, 2.24) is 15.3 Å². The van der Waals surface area contributed by atoms with Crippen LogP contribution in [0.25, 0.3) is 33.3 Å². The molecule has 1 saturated carbocycles. The van der Waals surface area contributed by atoms with Crippen molar-refractivity contribution >= 4 is 16.8 Å². The number of aromatic nitrogens is 2. The summed E-state index contributed by atoms with van der Waals surface area (Å²) in [5.74, 6) is 1.77. The zero-order chi connectivity index (χ0) is 29.3. The van der Waals surface area contributed by atoms with E-state index in [0.29, 0.717) is 17.2 Å². The first kappa shape index (κ1) is 28.7. The van der Waals surface area contributed by atoms with E-state index >= 15 is 0 Å². The smallest absolute Gasteiger partial charge is 0.270 e. The number of pyridine rings is 1. The molecule has 1 amide bonds. The van der Waals surface area contributed by atoms with Crippen LogP contribution in [0.4, 0.5) is 0 Å². The van der Waals surface area contributed by atoms with Gasteiger partial charge < -0.3 is 24.9 Å². The molecule has 1 fully saturated rings. The number of nitrogens with one attached hydrogen (secondary N) is 2. The number of H-pyrrole nitrogens is 1. The first-order chi connectivity index (χ1) is 19.6. The Balaban J connectivity index is 1.41. The molecule has 2 heterocycles. The average Bonchev–Trinajstić information content (AvgIpc) is 3.36. The van der Waals surface area contributed by atoms with Crippen molar-refractivity contribution in [2.45, 2.75) is 70.9 Å². The van der Waals surface area contributed by atoms with Gasteiger partial charge >= 0.3 is 0 Å². The Morgan fingerprint density at radius 3 is 2.29 bits per heavy atom. The summed E-state index contributed by atoms with van der Waals surface area (Å²) in [6.07, 6.45) is 5.24. The number of nitrogens with zero attached hydrogens (tertiary/aromatic N) is 1. The van der Waals surface area contributed by atoms with Crippen LogP contribution >= 0.6 is 0 Å². The molecule has 7 nitrogen and oxygen atoms in total. The number of carbonyl (C=O) groups is 1. The van der Waals surface area contributed by atoms with E-state index in [1.54, 1.807) is 20.4 Å². The Bertz CT molecular complexity index is 1540. The second-order valence-corrected chi connectivity index (χ2v) is 12.0. The summed E-state index contributed by atoms with van der Waals surface area (Å²) in [5, 5.41) is 14.6. The van der Waals surface area contributed by atoms with Gasteiger partial charge in [-0.25, -0.2) is 0 Å². The third-order valence-corrected chi connectivity index (χ3v) is 8.48. The maximum atomic E-state index is 13.1. The van der Waals surface area contributed by atoms with Crippen molar-refractivity contribution < 1.29 is 19.4 Å². The fraction of sp³-hybridized carbons (Fsp3) is 0.412. The zero-order valence-electron chi connectivity index (χ0n) is 24.9. The summed E-state index contributed by atoms with van der Waals surface area (Å²) in [6.45, 7) is 8.14. The molecule has 0 atom stereocenters. The van der Waals surface area contributed by atoms with E-state index in [9.17, 15) is 9.90 Å². The lowest BCUT2D eigenvalue weighted by molar-refractivity contribution is -0.00258. The molecule has 7 heteroatoms. The largest absolute Gasteiger partial charge is 0.493 e. The molecule has 1 aliphatic rings. The van der Waals surface area contributed by atoms with E-state index in [1.807, 2.05) is 44.2 Å². The normalized spacial score (nSPS) is 17.6. The molecule has 3 N–H and O–H groups in total. The molecule has 41 heavy (non-hydrogen) atoms. The average molecular weight is 556 g/mol.